The van der Waals surface area contributed by atoms with Crippen molar-refractivity contribution in [3.05, 3.63) is 95.0 Å². The zero-order chi connectivity index (χ0) is 21.0. The highest BCUT2D eigenvalue weighted by Gasteiger charge is 2.25. The van der Waals surface area contributed by atoms with E-state index in [0.717, 1.165) is 51.4 Å². The highest BCUT2D eigenvalue weighted by Crippen LogP contribution is 2.27. The Balaban J connectivity index is 1.28. The van der Waals surface area contributed by atoms with Gasteiger partial charge in [-0.05, 0) is 35.1 Å². The summed E-state index contributed by atoms with van der Waals surface area (Å²) in [4.78, 5) is 17.9. The number of carbonyl (C=O) groups excluding carboxylic acids is 1. The van der Waals surface area contributed by atoms with Gasteiger partial charge in [0.2, 0.25) is 0 Å². The predicted octanol–water partition coefficient (Wildman–Crippen LogP) is 4.90. The third-order valence-corrected chi connectivity index (χ3v) is 6.97. The van der Waals surface area contributed by atoms with E-state index in [-0.39, 0.29) is 5.91 Å². The molecule has 5 heteroatoms. The van der Waals surface area contributed by atoms with Gasteiger partial charge in [0.25, 0.3) is 5.91 Å². The number of carbonyl (C=O) groups is 1. The average Bonchev–Trinajstić information content (AvgIpc) is 3.41. The van der Waals surface area contributed by atoms with Gasteiger partial charge in [0, 0.05) is 39.3 Å². The van der Waals surface area contributed by atoms with Gasteiger partial charge in [-0.2, -0.15) is 0 Å². The Morgan fingerprint density at radius 1 is 0.839 bits per heavy atom. The second kappa shape index (κ2) is 9.08. The van der Waals surface area contributed by atoms with Gasteiger partial charge >= 0.3 is 0 Å². The van der Waals surface area contributed by atoms with Crippen molar-refractivity contribution < 1.29 is 4.79 Å². The first-order valence-corrected chi connectivity index (χ1v) is 11.8. The predicted molar refractivity (Wildman–Crippen MR) is 128 cm³/mol. The minimum Gasteiger partial charge on any atom is -0.335 e. The summed E-state index contributed by atoms with van der Waals surface area (Å²) in [7, 11) is 0. The summed E-state index contributed by atoms with van der Waals surface area (Å²) in [6.45, 7) is 5.16. The molecule has 4 aromatic rings. The Kier molecular flexibility index (Phi) is 5.87. The van der Waals surface area contributed by atoms with Gasteiger partial charge in [-0.15, -0.1) is 11.3 Å². The molecule has 158 valence electrons. The fourth-order valence-corrected chi connectivity index (χ4v) is 5.22. The molecule has 0 radical (unpaired) electrons. The Morgan fingerprint density at radius 2 is 1.52 bits per heavy atom. The lowest BCUT2D eigenvalue weighted by molar-refractivity contribution is 0.0618. The standard InChI is InChI=1S/C26H27N3OS/c30-26(28-16-14-27(15-17-28)20-22-9-5-2-6-10-22)24-19-25-23(12-18-31-25)29(24)13-11-21-7-3-1-4-8-21/h1-10,12,18-19H,11,13-17,20H2. The molecule has 2 aromatic carbocycles. The molecule has 0 bridgehead atoms. The molecule has 0 atom stereocenters. The fourth-order valence-electron chi connectivity index (χ4n) is 4.39. The Bertz CT molecular complexity index is 1140. The van der Waals surface area contributed by atoms with Crippen LogP contribution in [-0.4, -0.2) is 46.5 Å². The summed E-state index contributed by atoms with van der Waals surface area (Å²) in [5, 5.41) is 2.11. The molecule has 5 rings (SSSR count). The van der Waals surface area contributed by atoms with Crippen molar-refractivity contribution in [2.24, 2.45) is 0 Å². The Hall–Kier alpha value is -2.89. The monoisotopic (exact) mass is 429 g/mol. The van der Waals surface area contributed by atoms with Gasteiger partial charge in [0.05, 0.1) is 10.2 Å². The lowest BCUT2D eigenvalue weighted by Gasteiger charge is -2.35. The number of fused-ring (bicyclic) bond motifs is 1. The molecule has 1 fully saturated rings. The van der Waals surface area contributed by atoms with Gasteiger partial charge < -0.3 is 9.47 Å². The van der Waals surface area contributed by atoms with E-state index in [1.807, 2.05) is 11.0 Å². The van der Waals surface area contributed by atoms with Crippen LogP contribution in [0.1, 0.15) is 21.6 Å². The van der Waals surface area contributed by atoms with Crippen molar-refractivity contribution >= 4 is 27.5 Å². The molecule has 4 nitrogen and oxygen atoms in total. The van der Waals surface area contributed by atoms with E-state index >= 15 is 0 Å². The van der Waals surface area contributed by atoms with E-state index in [0.29, 0.717) is 0 Å². The van der Waals surface area contributed by atoms with Crippen LogP contribution in [-0.2, 0) is 19.5 Å². The largest absolute Gasteiger partial charge is 0.335 e. The molecule has 31 heavy (non-hydrogen) atoms. The summed E-state index contributed by atoms with van der Waals surface area (Å²) in [6.07, 6.45) is 0.922. The second-order valence-corrected chi connectivity index (χ2v) is 9.09. The molecule has 0 saturated carbocycles. The quantitative estimate of drug-likeness (QED) is 0.436. The lowest BCUT2D eigenvalue weighted by atomic mass is 10.1. The number of nitrogens with zero attached hydrogens (tertiary/aromatic N) is 3. The first-order valence-electron chi connectivity index (χ1n) is 10.9. The normalized spacial score (nSPS) is 14.9. The summed E-state index contributed by atoms with van der Waals surface area (Å²) in [6, 6.07) is 25.3. The first kappa shape index (κ1) is 20.0. The number of aryl methyl sites for hydroxylation is 2. The van der Waals surface area contributed by atoms with Crippen molar-refractivity contribution in [1.82, 2.24) is 14.4 Å². The average molecular weight is 430 g/mol. The SMILES string of the molecule is O=C(c1cc2sccc2n1CCc1ccccc1)N1CCN(Cc2ccccc2)CC1. The molecule has 0 N–H and O–H groups in total. The highest BCUT2D eigenvalue weighted by molar-refractivity contribution is 7.17. The zero-order valence-electron chi connectivity index (χ0n) is 17.6. The highest BCUT2D eigenvalue weighted by atomic mass is 32.1. The third-order valence-electron chi connectivity index (χ3n) is 6.12. The van der Waals surface area contributed by atoms with E-state index in [1.165, 1.54) is 21.3 Å². The molecule has 0 unspecified atom stereocenters. The number of rotatable bonds is 6. The number of piperazine rings is 1. The van der Waals surface area contributed by atoms with Gasteiger partial charge in [-0.1, -0.05) is 60.7 Å². The molecule has 0 aliphatic carbocycles. The van der Waals surface area contributed by atoms with Crippen LogP contribution in [0.2, 0.25) is 0 Å². The summed E-state index contributed by atoms with van der Waals surface area (Å²) < 4.78 is 3.41. The smallest absolute Gasteiger partial charge is 0.270 e. The van der Waals surface area contributed by atoms with Crippen molar-refractivity contribution in [2.75, 3.05) is 26.2 Å². The van der Waals surface area contributed by atoms with Crippen LogP contribution in [0, 0.1) is 0 Å². The number of aromatic nitrogens is 1. The molecular formula is C26H27N3OS. The topological polar surface area (TPSA) is 28.5 Å². The van der Waals surface area contributed by atoms with Crippen LogP contribution >= 0.6 is 11.3 Å². The first-order chi connectivity index (χ1) is 15.3. The van der Waals surface area contributed by atoms with Crippen LogP contribution in [0.25, 0.3) is 10.2 Å². The summed E-state index contributed by atoms with van der Waals surface area (Å²) >= 11 is 1.71. The van der Waals surface area contributed by atoms with E-state index in [1.54, 1.807) is 11.3 Å². The molecule has 1 amide bonds. The van der Waals surface area contributed by atoms with Gasteiger partial charge in [-0.25, -0.2) is 0 Å². The molecule has 2 aromatic heterocycles. The number of amides is 1. The van der Waals surface area contributed by atoms with Crippen molar-refractivity contribution in [3.63, 3.8) is 0 Å². The van der Waals surface area contributed by atoms with E-state index in [9.17, 15) is 4.79 Å². The van der Waals surface area contributed by atoms with E-state index in [4.69, 9.17) is 0 Å². The number of benzene rings is 2. The maximum absolute atomic E-state index is 13.5. The minimum atomic E-state index is 0.163. The summed E-state index contributed by atoms with van der Waals surface area (Å²) in [5.74, 6) is 0.163. The zero-order valence-corrected chi connectivity index (χ0v) is 18.4. The molecule has 1 aliphatic rings. The lowest BCUT2D eigenvalue weighted by Crippen LogP contribution is -2.48. The van der Waals surface area contributed by atoms with Crippen molar-refractivity contribution in [3.8, 4) is 0 Å². The van der Waals surface area contributed by atoms with Crippen LogP contribution < -0.4 is 0 Å². The second-order valence-electron chi connectivity index (χ2n) is 8.14. The molecule has 3 heterocycles. The van der Waals surface area contributed by atoms with E-state index < -0.39 is 0 Å². The third kappa shape index (κ3) is 4.43. The number of hydrogen-bond donors (Lipinski definition) is 0. The molecule has 0 spiro atoms. The number of thiophene rings is 1. The van der Waals surface area contributed by atoms with Gasteiger partial charge in [0.15, 0.2) is 0 Å². The minimum absolute atomic E-state index is 0.163. The Morgan fingerprint density at radius 3 is 2.23 bits per heavy atom. The summed E-state index contributed by atoms with van der Waals surface area (Å²) in [5.41, 5.74) is 4.63. The van der Waals surface area contributed by atoms with Crippen LogP contribution in [0.5, 0.6) is 0 Å². The van der Waals surface area contributed by atoms with Crippen LogP contribution in [0.4, 0.5) is 0 Å². The van der Waals surface area contributed by atoms with Crippen LogP contribution in [0.15, 0.2) is 78.2 Å². The van der Waals surface area contributed by atoms with Gasteiger partial charge in [0.1, 0.15) is 5.69 Å². The molecule has 1 aliphatic heterocycles. The van der Waals surface area contributed by atoms with Crippen molar-refractivity contribution in [2.45, 2.75) is 19.5 Å². The molecule has 1 saturated heterocycles. The Labute approximate surface area is 187 Å². The van der Waals surface area contributed by atoms with Gasteiger partial charge in [-0.3, -0.25) is 9.69 Å². The maximum Gasteiger partial charge on any atom is 0.270 e. The maximum atomic E-state index is 13.5. The van der Waals surface area contributed by atoms with Crippen LogP contribution in [0.3, 0.4) is 0 Å². The van der Waals surface area contributed by atoms with Crippen molar-refractivity contribution in [1.29, 1.82) is 0 Å². The molecular weight excluding hydrogens is 402 g/mol. The fraction of sp³-hybridized carbons (Fsp3) is 0.269. The number of hydrogen-bond acceptors (Lipinski definition) is 3. The van der Waals surface area contributed by atoms with E-state index in [2.05, 4.69) is 81.6 Å².